The van der Waals surface area contributed by atoms with Gasteiger partial charge in [-0.3, -0.25) is 9.69 Å². The predicted octanol–water partition coefficient (Wildman–Crippen LogP) is 4.54. The van der Waals surface area contributed by atoms with Crippen LogP contribution < -0.4 is 5.32 Å². The Kier molecular flexibility index (Phi) is 4.07. The number of hydrogen-bond acceptors (Lipinski definition) is 2. The van der Waals surface area contributed by atoms with Crippen LogP contribution in [-0.4, -0.2) is 34.8 Å². The molecule has 3 aromatic rings. The van der Waals surface area contributed by atoms with Gasteiger partial charge in [0.05, 0.1) is 0 Å². The summed E-state index contributed by atoms with van der Waals surface area (Å²) in [5.74, 6) is -0.0532. The molecule has 1 N–H and O–H groups in total. The maximum absolute atomic E-state index is 13.4. The van der Waals surface area contributed by atoms with Gasteiger partial charge in [0.2, 0.25) is 0 Å². The van der Waals surface area contributed by atoms with Crippen LogP contribution in [0.4, 0.5) is 10.5 Å². The van der Waals surface area contributed by atoms with Crippen molar-refractivity contribution in [2.45, 2.75) is 5.66 Å². The molecule has 6 heteroatoms. The predicted molar refractivity (Wildman–Crippen MR) is 112 cm³/mol. The summed E-state index contributed by atoms with van der Waals surface area (Å²) in [5.41, 5.74) is 2.00. The number of carbonyl (C=O) groups is 2. The van der Waals surface area contributed by atoms with Gasteiger partial charge in [0.1, 0.15) is 0 Å². The molecular formula is C23H18ClN3O2. The Bertz CT molecular complexity index is 1120. The minimum Gasteiger partial charge on any atom is -0.308 e. The summed E-state index contributed by atoms with van der Waals surface area (Å²) in [6.45, 7) is 0.896. The molecule has 3 amide bonds. The Morgan fingerprint density at radius 2 is 1.69 bits per heavy atom. The van der Waals surface area contributed by atoms with E-state index < -0.39 is 5.66 Å². The minimum absolute atomic E-state index is 0.0532. The number of fused-ring (bicyclic) bond motifs is 3. The van der Waals surface area contributed by atoms with Gasteiger partial charge >= 0.3 is 6.03 Å². The number of halogens is 1. The number of rotatable bonds is 2. The molecular weight excluding hydrogens is 386 g/mol. The molecule has 1 fully saturated rings. The molecule has 0 radical (unpaired) electrons. The summed E-state index contributed by atoms with van der Waals surface area (Å²) >= 11 is 6.07. The molecule has 0 bridgehead atoms. The van der Waals surface area contributed by atoms with Crippen molar-refractivity contribution in [3.8, 4) is 0 Å². The first-order valence-corrected chi connectivity index (χ1v) is 9.81. The first kappa shape index (κ1) is 17.8. The Labute approximate surface area is 173 Å². The van der Waals surface area contributed by atoms with Gasteiger partial charge in [0.15, 0.2) is 5.66 Å². The third-order valence-corrected chi connectivity index (χ3v) is 5.84. The molecule has 2 aliphatic rings. The molecule has 2 aliphatic heterocycles. The summed E-state index contributed by atoms with van der Waals surface area (Å²) in [5, 5.41) is 3.49. The van der Waals surface area contributed by atoms with Crippen molar-refractivity contribution in [1.82, 2.24) is 9.80 Å². The average Bonchev–Trinajstić information content (AvgIpc) is 3.25. The minimum atomic E-state index is -0.961. The number of carbonyl (C=O) groups excluding carboxylic acids is 2. The number of amides is 3. The van der Waals surface area contributed by atoms with Crippen LogP contribution in [0.25, 0.3) is 0 Å². The molecule has 0 unspecified atom stereocenters. The van der Waals surface area contributed by atoms with Crippen LogP contribution in [-0.2, 0) is 5.66 Å². The maximum Gasteiger partial charge on any atom is 0.324 e. The van der Waals surface area contributed by atoms with Crippen LogP contribution in [0.3, 0.4) is 0 Å². The average molecular weight is 404 g/mol. The molecule has 1 atom stereocenters. The Hall–Kier alpha value is -3.31. The number of anilines is 1. The molecule has 0 aromatic heterocycles. The fourth-order valence-corrected chi connectivity index (χ4v) is 4.66. The summed E-state index contributed by atoms with van der Waals surface area (Å²) in [6, 6.07) is 24.0. The zero-order valence-corrected chi connectivity index (χ0v) is 16.3. The topological polar surface area (TPSA) is 52.7 Å². The standard InChI is InChI=1S/C23H18ClN3O2/c24-17-9-6-10-18(15-17)25-22(29)27-14-13-26-21(28)19-11-4-5-12-20(19)23(26,27)16-7-2-1-3-8-16/h1-12,15H,13-14H2,(H,25,29)/t23-/m1/s1. The van der Waals surface area contributed by atoms with Crippen molar-refractivity contribution in [2.24, 2.45) is 0 Å². The van der Waals surface area contributed by atoms with E-state index in [1.807, 2.05) is 54.6 Å². The van der Waals surface area contributed by atoms with Crippen LogP contribution in [0.1, 0.15) is 21.5 Å². The van der Waals surface area contributed by atoms with E-state index in [-0.39, 0.29) is 11.9 Å². The second-order valence-corrected chi connectivity index (χ2v) is 7.57. The van der Waals surface area contributed by atoms with Gasteiger partial charge in [0.25, 0.3) is 5.91 Å². The van der Waals surface area contributed by atoms with E-state index >= 15 is 0 Å². The zero-order chi connectivity index (χ0) is 20.0. The molecule has 1 saturated heterocycles. The maximum atomic E-state index is 13.4. The van der Waals surface area contributed by atoms with Gasteiger partial charge in [-0.15, -0.1) is 0 Å². The monoisotopic (exact) mass is 403 g/mol. The van der Waals surface area contributed by atoms with E-state index in [4.69, 9.17) is 11.6 Å². The first-order chi connectivity index (χ1) is 14.1. The molecule has 2 heterocycles. The van der Waals surface area contributed by atoms with Gasteiger partial charge < -0.3 is 10.2 Å². The number of nitrogens with one attached hydrogen (secondary N) is 1. The molecule has 144 valence electrons. The van der Waals surface area contributed by atoms with Gasteiger partial charge in [-0.25, -0.2) is 4.79 Å². The van der Waals surface area contributed by atoms with Crippen LogP contribution in [0.2, 0.25) is 5.02 Å². The summed E-state index contributed by atoms with van der Waals surface area (Å²) in [7, 11) is 0. The second kappa shape index (κ2) is 6.64. The Balaban J connectivity index is 1.65. The fraction of sp³-hybridized carbons (Fsp3) is 0.130. The van der Waals surface area contributed by atoms with Gasteiger partial charge in [-0.1, -0.05) is 66.2 Å². The molecule has 5 rings (SSSR count). The van der Waals surface area contributed by atoms with Crippen molar-refractivity contribution in [3.63, 3.8) is 0 Å². The van der Waals surface area contributed by atoms with Gasteiger partial charge in [-0.05, 0) is 24.3 Å². The SMILES string of the molecule is O=C(Nc1cccc(Cl)c1)N1CCN2C(=O)c3ccccc3[C@@]12c1ccccc1. The highest BCUT2D eigenvalue weighted by Crippen LogP contribution is 2.49. The lowest BCUT2D eigenvalue weighted by Gasteiger charge is -2.40. The van der Waals surface area contributed by atoms with E-state index in [2.05, 4.69) is 5.32 Å². The van der Waals surface area contributed by atoms with Crippen LogP contribution >= 0.6 is 11.6 Å². The van der Waals surface area contributed by atoms with Crippen LogP contribution in [0, 0.1) is 0 Å². The van der Waals surface area contributed by atoms with Crippen molar-refractivity contribution in [2.75, 3.05) is 18.4 Å². The fourth-order valence-electron chi connectivity index (χ4n) is 4.47. The lowest BCUT2D eigenvalue weighted by Crippen LogP contribution is -2.52. The van der Waals surface area contributed by atoms with Crippen LogP contribution in [0.15, 0.2) is 78.9 Å². The van der Waals surface area contributed by atoms with E-state index in [1.54, 1.807) is 34.1 Å². The van der Waals surface area contributed by atoms with Crippen molar-refractivity contribution in [1.29, 1.82) is 0 Å². The number of urea groups is 1. The molecule has 3 aromatic carbocycles. The van der Waals surface area contributed by atoms with Gasteiger partial charge in [0, 0.05) is 40.5 Å². The summed E-state index contributed by atoms with van der Waals surface area (Å²) in [6.07, 6.45) is 0. The third-order valence-electron chi connectivity index (χ3n) is 5.60. The number of benzene rings is 3. The van der Waals surface area contributed by atoms with Gasteiger partial charge in [-0.2, -0.15) is 0 Å². The molecule has 0 aliphatic carbocycles. The van der Waals surface area contributed by atoms with E-state index in [0.717, 1.165) is 11.1 Å². The number of nitrogens with zero attached hydrogens (tertiary/aromatic N) is 2. The van der Waals surface area contributed by atoms with E-state index in [1.165, 1.54) is 0 Å². The highest BCUT2D eigenvalue weighted by molar-refractivity contribution is 6.30. The highest BCUT2D eigenvalue weighted by atomic mass is 35.5. The molecule has 0 spiro atoms. The lowest BCUT2D eigenvalue weighted by atomic mass is 9.90. The normalized spacial score (nSPS) is 19.8. The molecule has 29 heavy (non-hydrogen) atoms. The first-order valence-electron chi connectivity index (χ1n) is 9.43. The lowest BCUT2D eigenvalue weighted by molar-refractivity contribution is 0.0560. The highest BCUT2D eigenvalue weighted by Gasteiger charge is 2.59. The summed E-state index contributed by atoms with van der Waals surface area (Å²) in [4.78, 5) is 30.1. The second-order valence-electron chi connectivity index (χ2n) is 7.13. The van der Waals surface area contributed by atoms with E-state index in [0.29, 0.717) is 29.4 Å². The van der Waals surface area contributed by atoms with Crippen molar-refractivity contribution in [3.05, 3.63) is 101 Å². The van der Waals surface area contributed by atoms with Crippen molar-refractivity contribution < 1.29 is 9.59 Å². The molecule has 0 saturated carbocycles. The zero-order valence-electron chi connectivity index (χ0n) is 15.5. The van der Waals surface area contributed by atoms with Crippen molar-refractivity contribution >= 4 is 29.2 Å². The molecule has 5 nitrogen and oxygen atoms in total. The Morgan fingerprint density at radius 1 is 0.931 bits per heavy atom. The van der Waals surface area contributed by atoms with E-state index in [9.17, 15) is 9.59 Å². The largest absolute Gasteiger partial charge is 0.324 e. The third kappa shape index (κ3) is 2.54. The smallest absolute Gasteiger partial charge is 0.308 e. The summed E-state index contributed by atoms with van der Waals surface area (Å²) < 4.78 is 0. The quantitative estimate of drug-likeness (QED) is 0.682. The van der Waals surface area contributed by atoms with Crippen LogP contribution in [0.5, 0.6) is 0 Å². The Morgan fingerprint density at radius 3 is 2.48 bits per heavy atom. The number of hydrogen-bond donors (Lipinski definition) is 1.